The van der Waals surface area contributed by atoms with Gasteiger partial charge in [-0.2, -0.15) is 0 Å². The fourth-order valence-corrected chi connectivity index (χ4v) is 3.88. The van der Waals surface area contributed by atoms with Crippen molar-refractivity contribution in [2.45, 2.75) is 19.4 Å². The van der Waals surface area contributed by atoms with Gasteiger partial charge in [-0.1, -0.05) is 19.1 Å². The molecule has 1 aromatic heterocycles. The predicted molar refractivity (Wildman–Crippen MR) is 85.1 cm³/mol. The van der Waals surface area contributed by atoms with E-state index in [1.807, 2.05) is 23.6 Å². The van der Waals surface area contributed by atoms with Gasteiger partial charge < -0.3 is 10.1 Å². The standard InChI is InChI=1S/C15H17BrFNOS/c1-3-18-12(15-11(16)7-8-20-15)9-10-5-4-6-13(19-2)14(10)17/h4-8,12,18H,3,9H2,1-2H3. The molecule has 0 saturated carbocycles. The molecule has 0 aliphatic carbocycles. The van der Waals surface area contributed by atoms with E-state index in [1.54, 1.807) is 17.4 Å². The van der Waals surface area contributed by atoms with Crippen LogP contribution in [-0.4, -0.2) is 13.7 Å². The Kier molecular flexibility index (Phi) is 5.57. The smallest absolute Gasteiger partial charge is 0.168 e. The summed E-state index contributed by atoms with van der Waals surface area (Å²) in [7, 11) is 1.49. The second-order valence-electron chi connectivity index (χ2n) is 4.38. The molecule has 2 rings (SSSR count). The fourth-order valence-electron chi connectivity index (χ4n) is 2.15. The van der Waals surface area contributed by atoms with Crippen LogP contribution in [0, 0.1) is 5.82 Å². The molecule has 0 saturated heterocycles. The normalized spacial score (nSPS) is 12.4. The van der Waals surface area contributed by atoms with Gasteiger partial charge in [-0.3, -0.25) is 0 Å². The van der Waals surface area contributed by atoms with Crippen molar-refractivity contribution in [1.82, 2.24) is 5.32 Å². The summed E-state index contributed by atoms with van der Waals surface area (Å²) < 4.78 is 20.4. The van der Waals surface area contributed by atoms with Crippen LogP contribution in [0.4, 0.5) is 4.39 Å². The quantitative estimate of drug-likeness (QED) is 0.818. The molecule has 0 aliphatic heterocycles. The van der Waals surface area contributed by atoms with Gasteiger partial charge in [0.15, 0.2) is 11.6 Å². The molecule has 0 bridgehead atoms. The first-order chi connectivity index (χ1) is 9.67. The highest BCUT2D eigenvalue weighted by atomic mass is 79.9. The molecule has 108 valence electrons. The van der Waals surface area contributed by atoms with Crippen LogP contribution in [0.2, 0.25) is 0 Å². The van der Waals surface area contributed by atoms with Crippen molar-refractivity contribution >= 4 is 27.3 Å². The van der Waals surface area contributed by atoms with Gasteiger partial charge in [0.05, 0.1) is 7.11 Å². The summed E-state index contributed by atoms with van der Waals surface area (Å²) in [5, 5.41) is 5.45. The van der Waals surface area contributed by atoms with Gasteiger partial charge in [-0.05, 0) is 52.0 Å². The number of likely N-dealkylation sites (N-methyl/N-ethyl adjacent to an activating group) is 1. The lowest BCUT2D eigenvalue weighted by Gasteiger charge is -2.18. The topological polar surface area (TPSA) is 21.3 Å². The van der Waals surface area contributed by atoms with Crippen LogP contribution in [0.3, 0.4) is 0 Å². The van der Waals surface area contributed by atoms with E-state index in [0.717, 1.165) is 11.0 Å². The molecule has 0 radical (unpaired) electrons. The summed E-state index contributed by atoms with van der Waals surface area (Å²) in [5.74, 6) is 0.0218. The van der Waals surface area contributed by atoms with Crippen LogP contribution >= 0.6 is 27.3 Å². The Morgan fingerprint density at radius 1 is 1.40 bits per heavy atom. The van der Waals surface area contributed by atoms with Crippen molar-refractivity contribution in [3.05, 3.63) is 50.4 Å². The zero-order valence-electron chi connectivity index (χ0n) is 11.5. The number of nitrogens with one attached hydrogen (secondary N) is 1. The van der Waals surface area contributed by atoms with Crippen LogP contribution in [-0.2, 0) is 6.42 Å². The highest BCUT2D eigenvalue weighted by Crippen LogP contribution is 2.32. The summed E-state index contributed by atoms with van der Waals surface area (Å²) in [6, 6.07) is 7.39. The van der Waals surface area contributed by atoms with Gasteiger partial charge in [0, 0.05) is 15.4 Å². The van der Waals surface area contributed by atoms with E-state index in [4.69, 9.17) is 4.74 Å². The monoisotopic (exact) mass is 357 g/mol. The minimum atomic E-state index is -0.273. The molecule has 5 heteroatoms. The van der Waals surface area contributed by atoms with Crippen LogP contribution < -0.4 is 10.1 Å². The van der Waals surface area contributed by atoms with E-state index in [-0.39, 0.29) is 11.9 Å². The van der Waals surface area contributed by atoms with Crippen molar-refractivity contribution in [3.63, 3.8) is 0 Å². The summed E-state index contributed by atoms with van der Waals surface area (Å²) in [6.07, 6.45) is 0.593. The number of thiophene rings is 1. The second-order valence-corrected chi connectivity index (χ2v) is 6.18. The van der Waals surface area contributed by atoms with E-state index >= 15 is 0 Å². The molecule has 2 nitrogen and oxygen atoms in total. The van der Waals surface area contributed by atoms with Crippen molar-refractivity contribution < 1.29 is 9.13 Å². The molecule has 20 heavy (non-hydrogen) atoms. The Morgan fingerprint density at radius 3 is 2.80 bits per heavy atom. The molecule has 1 atom stereocenters. The first kappa shape index (κ1) is 15.5. The zero-order valence-corrected chi connectivity index (χ0v) is 13.9. The molecule has 0 spiro atoms. The molecular formula is C15H17BrFNOS. The molecular weight excluding hydrogens is 341 g/mol. The van der Waals surface area contributed by atoms with Gasteiger partial charge in [0.1, 0.15) is 0 Å². The number of ether oxygens (including phenoxy) is 1. The summed E-state index contributed by atoms with van der Waals surface area (Å²) >= 11 is 5.22. The summed E-state index contributed by atoms with van der Waals surface area (Å²) in [4.78, 5) is 1.19. The second kappa shape index (κ2) is 7.20. The third-order valence-corrected chi connectivity index (χ3v) is 5.08. The lowest BCUT2D eigenvalue weighted by Crippen LogP contribution is -2.22. The maximum absolute atomic E-state index is 14.3. The van der Waals surface area contributed by atoms with Gasteiger partial charge in [-0.25, -0.2) is 4.39 Å². The molecule has 0 fully saturated rings. The van der Waals surface area contributed by atoms with E-state index in [0.29, 0.717) is 17.7 Å². The number of halogens is 2. The lowest BCUT2D eigenvalue weighted by molar-refractivity contribution is 0.382. The molecule has 1 heterocycles. The number of benzene rings is 1. The average molecular weight is 358 g/mol. The Balaban J connectivity index is 2.27. The maximum atomic E-state index is 14.3. The van der Waals surface area contributed by atoms with Crippen molar-refractivity contribution in [2.75, 3.05) is 13.7 Å². The lowest BCUT2D eigenvalue weighted by atomic mass is 10.0. The Bertz CT molecular complexity index is 573. The minimum Gasteiger partial charge on any atom is -0.494 e. The maximum Gasteiger partial charge on any atom is 0.168 e. The molecule has 0 amide bonds. The van der Waals surface area contributed by atoms with Crippen LogP contribution in [0.5, 0.6) is 5.75 Å². The fraction of sp³-hybridized carbons (Fsp3) is 0.333. The Morgan fingerprint density at radius 2 is 2.20 bits per heavy atom. The summed E-state index contributed by atoms with van der Waals surface area (Å²) in [5.41, 5.74) is 0.663. The number of hydrogen-bond donors (Lipinski definition) is 1. The van der Waals surface area contributed by atoms with Gasteiger partial charge in [0.2, 0.25) is 0 Å². The highest BCUT2D eigenvalue weighted by molar-refractivity contribution is 9.10. The molecule has 1 N–H and O–H groups in total. The van der Waals surface area contributed by atoms with E-state index < -0.39 is 0 Å². The molecule has 1 unspecified atom stereocenters. The predicted octanol–water partition coefficient (Wildman–Crippen LogP) is 4.55. The highest BCUT2D eigenvalue weighted by Gasteiger charge is 2.18. The zero-order chi connectivity index (χ0) is 14.5. The summed E-state index contributed by atoms with van der Waals surface area (Å²) in [6.45, 7) is 2.89. The van der Waals surface area contributed by atoms with E-state index in [2.05, 4.69) is 28.2 Å². The van der Waals surface area contributed by atoms with Crippen molar-refractivity contribution in [2.24, 2.45) is 0 Å². The molecule has 1 aromatic carbocycles. The first-order valence-electron chi connectivity index (χ1n) is 6.45. The number of methoxy groups -OCH3 is 1. The van der Waals surface area contributed by atoms with Gasteiger partial charge in [-0.15, -0.1) is 11.3 Å². The Labute approximate surface area is 131 Å². The van der Waals surface area contributed by atoms with Crippen LogP contribution in [0.15, 0.2) is 34.1 Å². The van der Waals surface area contributed by atoms with Gasteiger partial charge >= 0.3 is 0 Å². The van der Waals surface area contributed by atoms with Crippen molar-refractivity contribution in [3.8, 4) is 5.75 Å². The molecule has 0 aliphatic rings. The third-order valence-electron chi connectivity index (χ3n) is 3.10. The van der Waals surface area contributed by atoms with Crippen molar-refractivity contribution in [1.29, 1.82) is 0 Å². The Hall–Kier alpha value is -0.910. The third kappa shape index (κ3) is 3.40. The minimum absolute atomic E-state index is 0.0935. The molecule has 2 aromatic rings. The largest absolute Gasteiger partial charge is 0.494 e. The van der Waals surface area contributed by atoms with Crippen LogP contribution in [0.25, 0.3) is 0 Å². The SMILES string of the molecule is CCNC(Cc1cccc(OC)c1F)c1sccc1Br. The van der Waals surface area contributed by atoms with Crippen LogP contribution in [0.1, 0.15) is 23.4 Å². The van der Waals surface area contributed by atoms with Gasteiger partial charge in [0.25, 0.3) is 0 Å². The number of rotatable bonds is 6. The first-order valence-corrected chi connectivity index (χ1v) is 8.12. The van der Waals surface area contributed by atoms with E-state index in [1.165, 1.54) is 12.0 Å². The number of hydrogen-bond acceptors (Lipinski definition) is 3. The van der Waals surface area contributed by atoms with E-state index in [9.17, 15) is 4.39 Å². The average Bonchev–Trinajstić information content (AvgIpc) is 2.86.